The molecule has 2 aromatic rings. The van der Waals surface area contributed by atoms with E-state index in [1.165, 1.54) is 30.2 Å². The predicted octanol–water partition coefficient (Wildman–Crippen LogP) is 2.43. The zero-order chi connectivity index (χ0) is 20.4. The summed E-state index contributed by atoms with van der Waals surface area (Å²) in [6, 6.07) is 9.27. The van der Waals surface area contributed by atoms with Crippen molar-refractivity contribution in [3.8, 4) is 11.3 Å². The van der Waals surface area contributed by atoms with E-state index in [0.717, 1.165) is 4.90 Å². The molecule has 0 aliphatic carbocycles. The molecule has 1 fully saturated rings. The van der Waals surface area contributed by atoms with Crippen LogP contribution in [0.3, 0.4) is 0 Å². The lowest BCUT2D eigenvalue weighted by Gasteiger charge is -2.14. The first kappa shape index (κ1) is 19.2. The van der Waals surface area contributed by atoms with Gasteiger partial charge in [-0.2, -0.15) is 0 Å². The fourth-order valence-corrected chi connectivity index (χ4v) is 2.86. The van der Waals surface area contributed by atoms with Crippen LogP contribution >= 0.6 is 12.2 Å². The first-order valence-corrected chi connectivity index (χ1v) is 8.45. The number of thiocarbonyl (C=S) groups is 1. The predicted molar refractivity (Wildman–Crippen MR) is 103 cm³/mol. The van der Waals surface area contributed by atoms with E-state index >= 15 is 0 Å². The van der Waals surface area contributed by atoms with Gasteiger partial charge in [-0.05, 0) is 36.5 Å². The molecule has 1 aliphatic rings. The van der Waals surface area contributed by atoms with Crippen LogP contribution < -0.4 is 0 Å². The van der Waals surface area contributed by atoms with E-state index in [2.05, 4.69) is 4.74 Å². The van der Waals surface area contributed by atoms with Crippen molar-refractivity contribution in [1.82, 2.24) is 9.80 Å². The highest BCUT2D eigenvalue weighted by Crippen LogP contribution is 2.27. The normalized spacial score (nSPS) is 15.4. The lowest BCUT2D eigenvalue weighted by Crippen LogP contribution is -2.36. The number of hydrogen-bond donors (Lipinski definition) is 0. The summed E-state index contributed by atoms with van der Waals surface area (Å²) in [4.78, 5) is 36.9. The van der Waals surface area contributed by atoms with E-state index in [4.69, 9.17) is 16.6 Å². The SMILES string of the molecule is COC(=O)CN1C(=O)/C(=C/c2ccc(-c3ccc([N+](=O)[O-])cc3)o2)N(C)C1=S. The second kappa shape index (κ2) is 7.61. The summed E-state index contributed by atoms with van der Waals surface area (Å²) in [5.41, 5.74) is 0.887. The van der Waals surface area contributed by atoms with Gasteiger partial charge in [-0.15, -0.1) is 0 Å². The number of methoxy groups -OCH3 is 1. The van der Waals surface area contributed by atoms with E-state index in [0.29, 0.717) is 17.1 Å². The van der Waals surface area contributed by atoms with E-state index < -0.39 is 16.8 Å². The molecular formula is C18H15N3O6S. The molecule has 1 amide bonds. The molecule has 0 radical (unpaired) electrons. The van der Waals surface area contributed by atoms with Crippen molar-refractivity contribution in [2.75, 3.05) is 20.7 Å². The zero-order valence-electron chi connectivity index (χ0n) is 14.9. The lowest BCUT2D eigenvalue weighted by atomic mass is 10.1. The monoisotopic (exact) mass is 401 g/mol. The summed E-state index contributed by atoms with van der Waals surface area (Å²) in [5, 5.41) is 10.9. The number of benzene rings is 1. The number of hydrogen-bond acceptors (Lipinski definition) is 7. The molecule has 1 aliphatic heterocycles. The molecule has 0 saturated carbocycles. The molecule has 144 valence electrons. The second-order valence-corrected chi connectivity index (χ2v) is 6.21. The Bertz CT molecular complexity index is 995. The minimum atomic E-state index is -0.580. The number of nitrogens with zero attached hydrogens (tertiary/aromatic N) is 3. The molecule has 9 nitrogen and oxygen atoms in total. The number of rotatable bonds is 5. The third kappa shape index (κ3) is 3.62. The highest BCUT2D eigenvalue weighted by atomic mass is 32.1. The molecule has 28 heavy (non-hydrogen) atoms. The van der Waals surface area contributed by atoms with Crippen LogP contribution in [0.25, 0.3) is 17.4 Å². The van der Waals surface area contributed by atoms with Crippen molar-refractivity contribution in [2.45, 2.75) is 0 Å². The Labute approximate surface area is 164 Å². The van der Waals surface area contributed by atoms with Gasteiger partial charge in [0.25, 0.3) is 11.6 Å². The Morgan fingerprint density at radius 1 is 1.29 bits per heavy atom. The van der Waals surface area contributed by atoms with Crippen molar-refractivity contribution in [3.05, 3.63) is 58.0 Å². The average molecular weight is 401 g/mol. The number of likely N-dealkylation sites (N-methyl/N-ethyl adjacent to an activating group) is 1. The Morgan fingerprint density at radius 2 is 1.96 bits per heavy atom. The van der Waals surface area contributed by atoms with E-state index in [-0.39, 0.29) is 23.0 Å². The van der Waals surface area contributed by atoms with Crippen LogP contribution in [0.5, 0.6) is 0 Å². The Balaban J connectivity index is 1.84. The number of carbonyl (C=O) groups is 2. The average Bonchev–Trinajstić information content (AvgIpc) is 3.23. The third-order valence-corrected chi connectivity index (χ3v) is 4.62. The van der Waals surface area contributed by atoms with Gasteiger partial charge >= 0.3 is 5.97 Å². The summed E-state index contributed by atoms with van der Waals surface area (Å²) in [5.74, 6) is -0.134. The van der Waals surface area contributed by atoms with Crippen molar-refractivity contribution >= 4 is 41.0 Å². The van der Waals surface area contributed by atoms with Crippen molar-refractivity contribution in [1.29, 1.82) is 0 Å². The quantitative estimate of drug-likeness (QED) is 0.247. The van der Waals surface area contributed by atoms with E-state index in [9.17, 15) is 19.7 Å². The number of esters is 1. The maximum atomic E-state index is 12.6. The van der Waals surface area contributed by atoms with Crippen LogP contribution in [-0.4, -0.2) is 52.4 Å². The highest BCUT2D eigenvalue weighted by molar-refractivity contribution is 7.80. The Morgan fingerprint density at radius 3 is 2.57 bits per heavy atom. The maximum Gasteiger partial charge on any atom is 0.325 e. The van der Waals surface area contributed by atoms with Crippen molar-refractivity contribution < 1.29 is 23.7 Å². The number of non-ortho nitro benzene ring substituents is 1. The number of amides is 1. The summed E-state index contributed by atoms with van der Waals surface area (Å²) < 4.78 is 10.3. The standard InChI is InChI=1S/C18H15N3O6S/c1-19-14(17(23)20(18(19)28)10-16(22)26-2)9-13-7-8-15(27-13)11-3-5-12(6-4-11)21(24)25/h3-9H,10H2,1-2H3/b14-9-. The smallest absolute Gasteiger partial charge is 0.325 e. The first-order chi connectivity index (χ1) is 13.3. The molecule has 10 heteroatoms. The summed E-state index contributed by atoms with van der Waals surface area (Å²) >= 11 is 5.21. The van der Waals surface area contributed by atoms with Crippen LogP contribution in [-0.2, 0) is 14.3 Å². The molecular weight excluding hydrogens is 386 g/mol. The van der Waals surface area contributed by atoms with Gasteiger partial charge in [-0.1, -0.05) is 0 Å². The van der Waals surface area contributed by atoms with Gasteiger partial charge in [0.15, 0.2) is 5.11 Å². The maximum absolute atomic E-state index is 12.6. The Hall–Kier alpha value is -3.53. The Kier molecular flexibility index (Phi) is 5.23. The third-order valence-electron chi connectivity index (χ3n) is 4.13. The minimum Gasteiger partial charge on any atom is -0.468 e. The molecule has 1 saturated heterocycles. The van der Waals surface area contributed by atoms with Gasteiger partial charge in [-0.25, -0.2) is 0 Å². The number of furan rings is 1. The zero-order valence-corrected chi connectivity index (χ0v) is 15.8. The fraction of sp³-hybridized carbons (Fsp3) is 0.167. The van der Waals surface area contributed by atoms with E-state index in [1.807, 2.05) is 0 Å². The number of nitro benzene ring substituents is 1. The lowest BCUT2D eigenvalue weighted by molar-refractivity contribution is -0.384. The van der Waals surface area contributed by atoms with Gasteiger partial charge in [0.2, 0.25) is 0 Å². The van der Waals surface area contributed by atoms with Crippen LogP contribution in [0, 0.1) is 10.1 Å². The van der Waals surface area contributed by atoms with Gasteiger partial charge in [0, 0.05) is 30.8 Å². The van der Waals surface area contributed by atoms with Gasteiger partial charge in [0.05, 0.1) is 12.0 Å². The summed E-state index contributed by atoms with van der Waals surface area (Å²) in [6.45, 7) is -0.276. The molecule has 2 heterocycles. The van der Waals surface area contributed by atoms with Gasteiger partial charge in [0.1, 0.15) is 23.8 Å². The fourth-order valence-electron chi connectivity index (χ4n) is 2.61. The van der Waals surface area contributed by atoms with Crippen LogP contribution in [0.4, 0.5) is 5.69 Å². The topological polar surface area (TPSA) is 106 Å². The number of nitro groups is 1. The van der Waals surface area contributed by atoms with Gasteiger partial charge < -0.3 is 14.1 Å². The molecule has 0 bridgehead atoms. The molecule has 0 N–H and O–H groups in total. The van der Waals surface area contributed by atoms with Crippen LogP contribution in [0.15, 0.2) is 46.5 Å². The van der Waals surface area contributed by atoms with Crippen LogP contribution in [0.2, 0.25) is 0 Å². The van der Waals surface area contributed by atoms with E-state index in [1.54, 1.807) is 31.3 Å². The highest BCUT2D eigenvalue weighted by Gasteiger charge is 2.37. The van der Waals surface area contributed by atoms with Crippen molar-refractivity contribution in [3.63, 3.8) is 0 Å². The number of carbonyl (C=O) groups excluding carboxylic acids is 2. The summed E-state index contributed by atoms with van der Waals surface area (Å²) in [7, 11) is 2.85. The molecule has 1 aromatic heterocycles. The number of ether oxygens (including phenoxy) is 1. The summed E-state index contributed by atoms with van der Waals surface area (Å²) in [6.07, 6.45) is 1.51. The minimum absolute atomic E-state index is 0.0185. The molecule has 1 aromatic carbocycles. The molecule has 3 rings (SSSR count). The van der Waals surface area contributed by atoms with Crippen LogP contribution in [0.1, 0.15) is 5.76 Å². The molecule has 0 atom stereocenters. The second-order valence-electron chi connectivity index (χ2n) is 5.84. The molecule has 0 unspecified atom stereocenters. The van der Waals surface area contributed by atoms with Gasteiger partial charge in [-0.3, -0.25) is 24.6 Å². The first-order valence-electron chi connectivity index (χ1n) is 8.04. The van der Waals surface area contributed by atoms with Crippen molar-refractivity contribution in [2.24, 2.45) is 0 Å². The molecule has 0 spiro atoms. The largest absolute Gasteiger partial charge is 0.468 e.